The molecule has 0 aliphatic carbocycles. The molecule has 0 amide bonds. The molecule has 0 bridgehead atoms. The van der Waals surface area contributed by atoms with Gasteiger partial charge in [-0.1, -0.05) is 6.07 Å². The summed E-state index contributed by atoms with van der Waals surface area (Å²) in [5, 5.41) is 11.0. The normalized spacial score (nSPS) is 11.3. The van der Waals surface area contributed by atoms with Crippen molar-refractivity contribution in [2.75, 3.05) is 4.72 Å². The van der Waals surface area contributed by atoms with E-state index in [2.05, 4.69) is 4.72 Å². The highest BCUT2D eigenvalue weighted by Crippen LogP contribution is 2.27. The molecule has 0 radical (unpaired) electrons. The van der Waals surface area contributed by atoms with Crippen LogP contribution in [0.2, 0.25) is 0 Å². The molecule has 122 valence electrons. The molecular formula is C16H18N2O4S. The van der Waals surface area contributed by atoms with Crippen LogP contribution in [0.25, 0.3) is 0 Å². The lowest BCUT2D eigenvalue weighted by molar-refractivity contribution is -0.385. The summed E-state index contributed by atoms with van der Waals surface area (Å²) in [5.41, 5.74) is 3.09. The van der Waals surface area contributed by atoms with Gasteiger partial charge in [0.1, 0.15) is 0 Å². The monoisotopic (exact) mass is 334 g/mol. The van der Waals surface area contributed by atoms with Crippen molar-refractivity contribution in [1.29, 1.82) is 0 Å². The van der Waals surface area contributed by atoms with E-state index in [9.17, 15) is 18.5 Å². The van der Waals surface area contributed by atoms with Crippen molar-refractivity contribution in [3.8, 4) is 0 Å². The Labute approximate surface area is 135 Å². The van der Waals surface area contributed by atoms with Gasteiger partial charge < -0.3 is 0 Å². The third-order valence-electron chi connectivity index (χ3n) is 3.58. The molecule has 2 aromatic rings. The van der Waals surface area contributed by atoms with Crippen LogP contribution in [0.4, 0.5) is 11.4 Å². The Morgan fingerprint density at radius 2 is 1.52 bits per heavy atom. The van der Waals surface area contributed by atoms with Crippen molar-refractivity contribution in [3.63, 3.8) is 0 Å². The smallest absolute Gasteiger partial charge is 0.271 e. The third kappa shape index (κ3) is 3.68. The van der Waals surface area contributed by atoms with Crippen molar-refractivity contribution in [2.24, 2.45) is 0 Å². The summed E-state index contributed by atoms with van der Waals surface area (Å²) in [5.74, 6) is 0. The van der Waals surface area contributed by atoms with Gasteiger partial charge in [-0.2, -0.15) is 0 Å². The minimum atomic E-state index is -3.91. The Morgan fingerprint density at radius 1 is 0.957 bits per heavy atom. The first-order valence-electron chi connectivity index (χ1n) is 6.97. The van der Waals surface area contributed by atoms with Gasteiger partial charge in [0.2, 0.25) is 0 Å². The summed E-state index contributed by atoms with van der Waals surface area (Å²) >= 11 is 0. The Kier molecular flexibility index (Phi) is 4.42. The molecule has 7 heteroatoms. The fourth-order valence-corrected chi connectivity index (χ4v) is 3.81. The molecule has 23 heavy (non-hydrogen) atoms. The van der Waals surface area contributed by atoms with Crippen LogP contribution in [0, 0.1) is 37.8 Å². The Hall–Kier alpha value is -2.41. The van der Waals surface area contributed by atoms with Crippen LogP contribution in [0.5, 0.6) is 0 Å². The van der Waals surface area contributed by atoms with Crippen molar-refractivity contribution < 1.29 is 13.3 Å². The Morgan fingerprint density at radius 3 is 2.04 bits per heavy atom. The molecule has 0 saturated heterocycles. The van der Waals surface area contributed by atoms with Crippen molar-refractivity contribution in [2.45, 2.75) is 32.6 Å². The van der Waals surface area contributed by atoms with Crippen LogP contribution in [-0.4, -0.2) is 13.3 Å². The van der Waals surface area contributed by atoms with Crippen molar-refractivity contribution in [1.82, 2.24) is 0 Å². The molecule has 2 rings (SSSR count). The molecule has 0 aromatic heterocycles. The SMILES string of the molecule is Cc1cc(C)cc(NS(=O)(=O)c2cc([N+](=O)[O-])cc(C)c2C)c1. The number of hydrogen-bond donors (Lipinski definition) is 1. The maximum Gasteiger partial charge on any atom is 0.271 e. The van der Waals surface area contributed by atoms with Crippen LogP contribution in [0.15, 0.2) is 35.2 Å². The number of nitrogens with one attached hydrogen (secondary N) is 1. The van der Waals surface area contributed by atoms with Crippen LogP contribution < -0.4 is 4.72 Å². The van der Waals surface area contributed by atoms with Crippen LogP contribution in [0.3, 0.4) is 0 Å². The lowest BCUT2D eigenvalue weighted by Gasteiger charge is -2.13. The highest BCUT2D eigenvalue weighted by molar-refractivity contribution is 7.92. The molecule has 0 atom stereocenters. The number of sulfonamides is 1. The molecule has 0 heterocycles. The van der Waals surface area contributed by atoms with E-state index >= 15 is 0 Å². The van der Waals surface area contributed by atoms with Crippen molar-refractivity contribution >= 4 is 21.4 Å². The maximum absolute atomic E-state index is 12.6. The van der Waals surface area contributed by atoms with Crippen LogP contribution in [0.1, 0.15) is 22.3 Å². The zero-order valence-electron chi connectivity index (χ0n) is 13.4. The zero-order chi connectivity index (χ0) is 17.4. The number of benzene rings is 2. The van der Waals surface area contributed by atoms with E-state index in [0.717, 1.165) is 17.2 Å². The molecule has 0 saturated carbocycles. The standard InChI is InChI=1S/C16H18N2O4S/c1-10-5-11(2)7-14(6-10)17-23(21,22)16-9-15(18(19)20)8-12(3)13(16)4/h5-9,17H,1-4H3. The molecule has 0 aliphatic rings. The lowest BCUT2D eigenvalue weighted by atomic mass is 10.1. The van der Waals surface area contributed by atoms with E-state index in [1.807, 2.05) is 19.9 Å². The Bertz CT molecular complexity index is 869. The average molecular weight is 334 g/mol. The fourth-order valence-electron chi connectivity index (χ4n) is 2.44. The van der Waals surface area contributed by atoms with Gasteiger partial charge in [-0.25, -0.2) is 8.42 Å². The van der Waals surface area contributed by atoms with E-state index < -0.39 is 14.9 Å². The van der Waals surface area contributed by atoms with E-state index in [1.54, 1.807) is 26.0 Å². The summed E-state index contributed by atoms with van der Waals surface area (Å²) in [6.07, 6.45) is 0. The number of hydrogen-bond acceptors (Lipinski definition) is 4. The number of aryl methyl sites for hydroxylation is 3. The number of anilines is 1. The van der Waals surface area contributed by atoms with Crippen molar-refractivity contribution in [3.05, 3.63) is 62.7 Å². The summed E-state index contributed by atoms with van der Waals surface area (Å²) in [7, 11) is -3.91. The van der Waals surface area contributed by atoms with E-state index in [0.29, 0.717) is 16.8 Å². The van der Waals surface area contributed by atoms with Gasteiger partial charge in [0.15, 0.2) is 0 Å². The number of nitro benzene ring substituents is 1. The summed E-state index contributed by atoms with van der Waals surface area (Å²) in [6.45, 7) is 7.02. The van der Waals surface area contributed by atoms with Gasteiger partial charge in [-0.15, -0.1) is 0 Å². The number of nitro groups is 1. The predicted octanol–water partition coefficient (Wildman–Crippen LogP) is 3.63. The second kappa shape index (κ2) is 6.00. The summed E-state index contributed by atoms with van der Waals surface area (Å²) in [6, 6.07) is 7.81. The van der Waals surface area contributed by atoms with Gasteiger partial charge in [0, 0.05) is 17.8 Å². The first-order chi connectivity index (χ1) is 10.6. The molecule has 6 nitrogen and oxygen atoms in total. The van der Waals surface area contributed by atoms with E-state index in [1.165, 1.54) is 6.07 Å². The number of non-ortho nitro benzene ring substituents is 1. The molecule has 0 spiro atoms. The first-order valence-corrected chi connectivity index (χ1v) is 8.45. The predicted molar refractivity (Wildman–Crippen MR) is 89.3 cm³/mol. The van der Waals surface area contributed by atoms with Gasteiger partial charge in [0.05, 0.1) is 9.82 Å². The molecule has 0 unspecified atom stereocenters. The topological polar surface area (TPSA) is 89.3 Å². The van der Waals surface area contributed by atoms with Gasteiger partial charge in [-0.05, 0) is 62.1 Å². The molecule has 2 aromatic carbocycles. The highest BCUT2D eigenvalue weighted by atomic mass is 32.2. The summed E-state index contributed by atoms with van der Waals surface area (Å²) in [4.78, 5) is 10.3. The third-order valence-corrected chi connectivity index (χ3v) is 5.09. The molecule has 0 aliphatic heterocycles. The first kappa shape index (κ1) is 17.0. The largest absolute Gasteiger partial charge is 0.280 e. The van der Waals surface area contributed by atoms with Crippen LogP contribution >= 0.6 is 0 Å². The quantitative estimate of drug-likeness (QED) is 0.683. The molecule has 0 fully saturated rings. The maximum atomic E-state index is 12.6. The number of nitrogens with zero attached hydrogens (tertiary/aromatic N) is 1. The minimum absolute atomic E-state index is 0.0802. The zero-order valence-corrected chi connectivity index (χ0v) is 14.2. The van der Waals surface area contributed by atoms with Gasteiger partial charge >= 0.3 is 0 Å². The average Bonchev–Trinajstić information content (AvgIpc) is 2.39. The van der Waals surface area contributed by atoms with Gasteiger partial charge in [0.25, 0.3) is 15.7 Å². The molecular weight excluding hydrogens is 316 g/mol. The summed E-state index contributed by atoms with van der Waals surface area (Å²) < 4.78 is 27.8. The Balaban J connectivity index is 2.53. The second-order valence-electron chi connectivity index (χ2n) is 5.62. The minimum Gasteiger partial charge on any atom is -0.280 e. The highest BCUT2D eigenvalue weighted by Gasteiger charge is 2.22. The van der Waals surface area contributed by atoms with Gasteiger partial charge in [-0.3, -0.25) is 14.8 Å². The number of rotatable bonds is 4. The van der Waals surface area contributed by atoms with Crippen LogP contribution in [-0.2, 0) is 10.0 Å². The van der Waals surface area contributed by atoms with E-state index in [-0.39, 0.29) is 10.6 Å². The fraction of sp³-hybridized carbons (Fsp3) is 0.250. The lowest BCUT2D eigenvalue weighted by Crippen LogP contribution is -2.15. The second-order valence-corrected chi connectivity index (χ2v) is 7.28. The van der Waals surface area contributed by atoms with E-state index in [4.69, 9.17) is 0 Å². The molecule has 1 N–H and O–H groups in total.